The molecule has 0 aliphatic carbocycles. The number of aliphatic carboxylic acids is 1. The van der Waals surface area contributed by atoms with E-state index in [0.717, 1.165) is 11.4 Å². The lowest BCUT2D eigenvalue weighted by Crippen LogP contribution is -2.34. The molecular formula is C18H22N2O3. The lowest BCUT2D eigenvalue weighted by molar-refractivity contribution is -0.139. The first-order chi connectivity index (χ1) is 10.8. The molecule has 5 nitrogen and oxygen atoms in total. The average Bonchev–Trinajstić information content (AvgIpc) is 2.80. The smallest absolute Gasteiger partial charge is 0.330 e. The highest BCUT2D eigenvalue weighted by Crippen LogP contribution is 2.21. The second-order valence-electron chi connectivity index (χ2n) is 5.90. The van der Waals surface area contributed by atoms with Crippen LogP contribution in [0.4, 0.5) is 0 Å². The van der Waals surface area contributed by atoms with Crippen molar-refractivity contribution in [3.63, 3.8) is 0 Å². The number of nitrogens with one attached hydrogen (secondary N) is 1. The fraction of sp³-hybridized carbons (Fsp3) is 0.333. The summed E-state index contributed by atoms with van der Waals surface area (Å²) in [6.45, 7) is 7.91. The molecule has 0 aliphatic heterocycles. The van der Waals surface area contributed by atoms with Crippen molar-refractivity contribution in [1.29, 1.82) is 0 Å². The van der Waals surface area contributed by atoms with E-state index < -0.39 is 12.0 Å². The minimum atomic E-state index is -1.08. The maximum Gasteiger partial charge on any atom is 0.330 e. The van der Waals surface area contributed by atoms with E-state index in [4.69, 9.17) is 0 Å². The molecule has 23 heavy (non-hydrogen) atoms. The fourth-order valence-electron chi connectivity index (χ4n) is 2.94. The number of carboxylic acids is 1. The molecule has 0 fully saturated rings. The van der Waals surface area contributed by atoms with Gasteiger partial charge in [-0.1, -0.05) is 30.3 Å². The summed E-state index contributed by atoms with van der Waals surface area (Å²) in [7, 11) is 0. The van der Waals surface area contributed by atoms with Crippen molar-refractivity contribution >= 4 is 11.9 Å². The first-order valence-electron chi connectivity index (χ1n) is 7.60. The minimum Gasteiger partial charge on any atom is -0.479 e. The SMILES string of the molecule is Cc1cc(C(=O)N[C@@H](C(=O)O)c2ccccc2)c(C)n1C(C)C. The van der Waals surface area contributed by atoms with Gasteiger partial charge in [-0.15, -0.1) is 0 Å². The third-order valence-corrected chi connectivity index (χ3v) is 3.90. The topological polar surface area (TPSA) is 71.3 Å². The predicted octanol–water partition coefficient (Wildman–Crippen LogP) is 3.24. The molecule has 0 spiro atoms. The summed E-state index contributed by atoms with van der Waals surface area (Å²) in [5.41, 5.74) is 2.88. The molecule has 2 N–H and O–H groups in total. The molecule has 1 heterocycles. The van der Waals surface area contributed by atoms with Crippen LogP contribution < -0.4 is 5.32 Å². The predicted molar refractivity (Wildman–Crippen MR) is 88.6 cm³/mol. The molecule has 5 heteroatoms. The number of amides is 1. The number of aryl methyl sites for hydroxylation is 1. The molecule has 1 aromatic carbocycles. The van der Waals surface area contributed by atoms with Gasteiger partial charge in [-0.25, -0.2) is 4.79 Å². The Morgan fingerprint density at radius 2 is 1.74 bits per heavy atom. The molecule has 1 aromatic heterocycles. The molecule has 0 bridgehead atoms. The molecule has 122 valence electrons. The first-order valence-corrected chi connectivity index (χ1v) is 7.60. The van der Waals surface area contributed by atoms with Gasteiger partial charge < -0.3 is 15.0 Å². The van der Waals surface area contributed by atoms with Crippen LogP contribution in [0.5, 0.6) is 0 Å². The van der Waals surface area contributed by atoms with Crippen molar-refractivity contribution in [2.24, 2.45) is 0 Å². The van der Waals surface area contributed by atoms with Crippen LogP contribution in [0.3, 0.4) is 0 Å². The monoisotopic (exact) mass is 314 g/mol. The van der Waals surface area contributed by atoms with E-state index in [1.807, 2.05) is 27.7 Å². The molecule has 1 atom stereocenters. The molecule has 0 unspecified atom stereocenters. The van der Waals surface area contributed by atoms with Gasteiger partial charge in [0.05, 0.1) is 5.56 Å². The van der Waals surface area contributed by atoms with Crippen LogP contribution >= 0.6 is 0 Å². The van der Waals surface area contributed by atoms with E-state index in [1.165, 1.54) is 0 Å². The summed E-state index contributed by atoms with van der Waals surface area (Å²) >= 11 is 0. The van der Waals surface area contributed by atoms with E-state index in [0.29, 0.717) is 11.1 Å². The standard InChI is InChI=1S/C18H22N2O3/c1-11(2)20-12(3)10-15(13(20)4)17(21)19-16(18(22)23)14-8-6-5-7-9-14/h5-11,16H,1-4H3,(H,19,21)(H,22,23)/t16-/m1/s1. The highest BCUT2D eigenvalue weighted by Gasteiger charge is 2.25. The molecular weight excluding hydrogens is 292 g/mol. The zero-order chi connectivity index (χ0) is 17.1. The van der Waals surface area contributed by atoms with Crippen molar-refractivity contribution in [2.75, 3.05) is 0 Å². The Morgan fingerprint density at radius 3 is 2.22 bits per heavy atom. The second-order valence-corrected chi connectivity index (χ2v) is 5.90. The van der Waals surface area contributed by atoms with Gasteiger partial charge in [0.25, 0.3) is 5.91 Å². The van der Waals surface area contributed by atoms with Gasteiger partial charge in [-0.3, -0.25) is 4.79 Å². The van der Waals surface area contributed by atoms with E-state index in [-0.39, 0.29) is 11.9 Å². The van der Waals surface area contributed by atoms with Gasteiger partial charge in [-0.2, -0.15) is 0 Å². The maximum atomic E-state index is 12.6. The molecule has 1 amide bonds. The van der Waals surface area contributed by atoms with E-state index in [1.54, 1.807) is 36.4 Å². The zero-order valence-corrected chi connectivity index (χ0v) is 13.8. The van der Waals surface area contributed by atoms with Crippen molar-refractivity contribution in [3.8, 4) is 0 Å². The summed E-state index contributed by atoms with van der Waals surface area (Å²) in [5.74, 6) is -1.46. The highest BCUT2D eigenvalue weighted by molar-refractivity contribution is 5.98. The van der Waals surface area contributed by atoms with E-state index in [2.05, 4.69) is 9.88 Å². The lowest BCUT2D eigenvalue weighted by atomic mass is 10.1. The normalized spacial score (nSPS) is 12.2. The number of hydrogen-bond acceptors (Lipinski definition) is 2. The van der Waals surface area contributed by atoms with Crippen LogP contribution in [0.25, 0.3) is 0 Å². The van der Waals surface area contributed by atoms with Gasteiger partial charge in [0, 0.05) is 17.4 Å². The van der Waals surface area contributed by atoms with Crippen molar-refractivity contribution in [1.82, 2.24) is 9.88 Å². The molecule has 2 aromatic rings. The number of carbonyl (C=O) groups excluding carboxylic acids is 1. The van der Waals surface area contributed by atoms with Crippen LogP contribution in [0.15, 0.2) is 36.4 Å². The number of carboxylic acid groups (broad SMARTS) is 1. The van der Waals surface area contributed by atoms with Gasteiger partial charge in [0.15, 0.2) is 6.04 Å². The third-order valence-electron chi connectivity index (χ3n) is 3.90. The van der Waals surface area contributed by atoms with Crippen LogP contribution in [0, 0.1) is 13.8 Å². The van der Waals surface area contributed by atoms with Crippen LogP contribution in [0.2, 0.25) is 0 Å². The summed E-state index contributed by atoms with van der Waals surface area (Å²) in [5, 5.41) is 12.0. The summed E-state index contributed by atoms with van der Waals surface area (Å²) < 4.78 is 2.06. The number of carbonyl (C=O) groups is 2. The van der Waals surface area contributed by atoms with E-state index >= 15 is 0 Å². The Bertz CT molecular complexity index is 717. The number of aromatic nitrogens is 1. The molecule has 0 saturated carbocycles. The molecule has 0 saturated heterocycles. The fourth-order valence-corrected chi connectivity index (χ4v) is 2.94. The Hall–Kier alpha value is -2.56. The largest absolute Gasteiger partial charge is 0.479 e. The maximum absolute atomic E-state index is 12.6. The van der Waals surface area contributed by atoms with E-state index in [9.17, 15) is 14.7 Å². The van der Waals surface area contributed by atoms with Crippen LogP contribution in [-0.2, 0) is 4.79 Å². The molecule has 0 radical (unpaired) electrons. The van der Waals surface area contributed by atoms with Gasteiger partial charge in [0.2, 0.25) is 0 Å². The quantitative estimate of drug-likeness (QED) is 0.890. The molecule has 0 aliphatic rings. The Balaban J connectivity index is 2.30. The Kier molecular flexibility index (Phi) is 4.89. The van der Waals surface area contributed by atoms with Gasteiger partial charge in [-0.05, 0) is 39.3 Å². The zero-order valence-electron chi connectivity index (χ0n) is 13.8. The van der Waals surface area contributed by atoms with Crippen molar-refractivity contribution in [3.05, 3.63) is 58.9 Å². The first kappa shape index (κ1) is 16.8. The lowest BCUT2D eigenvalue weighted by Gasteiger charge is -2.16. The summed E-state index contributed by atoms with van der Waals surface area (Å²) in [4.78, 5) is 24.1. The highest BCUT2D eigenvalue weighted by atomic mass is 16.4. The summed E-state index contributed by atoms with van der Waals surface area (Å²) in [6, 6.07) is 9.67. The number of benzene rings is 1. The Morgan fingerprint density at radius 1 is 1.13 bits per heavy atom. The third kappa shape index (κ3) is 3.44. The van der Waals surface area contributed by atoms with Crippen molar-refractivity contribution < 1.29 is 14.7 Å². The van der Waals surface area contributed by atoms with Gasteiger partial charge >= 0.3 is 5.97 Å². The van der Waals surface area contributed by atoms with Crippen LogP contribution in [0.1, 0.15) is 53.2 Å². The van der Waals surface area contributed by atoms with Crippen molar-refractivity contribution in [2.45, 2.75) is 39.8 Å². The Labute approximate surface area is 135 Å². The number of hydrogen-bond donors (Lipinski definition) is 2. The molecule has 2 rings (SSSR count). The number of nitrogens with zero attached hydrogens (tertiary/aromatic N) is 1. The number of rotatable bonds is 5. The van der Waals surface area contributed by atoms with Crippen LogP contribution in [-0.4, -0.2) is 21.6 Å². The van der Waals surface area contributed by atoms with Gasteiger partial charge in [0.1, 0.15) is 0 Å². The minimum absolute atomic E-state index is 0.237. The second kappa shape index (κ2) is 6.69. The summed E-state index contributed by atoms with van der Waals surface area (Å²) in [6.07, 6.45) is 0. The average molecular weight is 314 g/mol.